The number of halogens is 1. The Kier molecular flexibility index (Phi) is 4.45. The number of nitrogens with zero attached hydrogens (tertiary/aromatic N) is 1. The fourth-order valence-electron chi connectivity index (χ4n) is 1.53. The zero-order chi connectivity index (χ0) is 14.5. The van der Waals surface area contributed by atoms with Crippen LogP contribution < -0.4 is 5.32 Å². The van der Waals surface area contributed by atoms with E-state index in [0.717, 1.165) is 10.9 Å². The average Bonchev–Trinajstić information content (AvgIpc) is 2.82. The van der Waals surface area contributed by atoms with E-state index < -0.39 is 11.7 Å². The summed E-state index contributed by atoms with van der Waals surface area (Å²) in [5.41, 5.74) is 0.463. The number of aryl methyl sites for hydroxylation is 1. The Labute approximate surface area is 119 Å². The van der Waals surface area contributed by atoms with Crippen LogP contribution in [-0.2, 0) is 0 Å². The second-order valence-electron chi connectivity index (χ2n) is 3.88. The van der Waals surface area contributed by atoms with Crippen LogP contribution in [0.4, 0.5) is 9.52 Å². The van der Waals surface area contributed by atoms with Gasteiger partial charge in [-0.1, -0.05) is 11.8 Å². The molecule has 0 fully saturated rings. The van der Waals surface area contributed by atoms with Crippen molar-refractivity contribution >= 4 is 22.4 Å². The minimum Gasteiger partial charge on any atom is -0.384 e. The number of aliphatic hydroxyl groups excluding tert-OH is 1. The van der Waals surface area contributed by atoms with Crippen molar-refractivity contribution in [3.8, 4) is 11.8 Å². The van der Waals surface area contributed by atoms with Crippen molar-refractivity contribution in [2.45, 2.75) is 6.92 Å². The molecule has 2 rings (SSSR count). The van der Waals surface area contributed by atoms with Crippen molar-refractivity contribution in [3.05, 3.63) is 46.2 Å². The maximum absolute atomic E-state index is 13.3. The molecule has 0 saturated heterocycles. The van der Waals surface area contributed by atoms with Gasteiger partial charge in [-0.25, -0.2) is 9.37 Å². The molecule has 102 valence electrons. The second kappa shape index (κ2) is 6.28. The molecule has 4 nitrogen and oxygen atoms in total. The summed E-state index contributed by atoms with van der Waals surface area (Å²) in [7, 11) is 0. The molecule has 6 heteroatoms. The molecule has 0 unspecified atom stereocenters. The largest absolute Gasteiger partial charge is 0.384 e. The van der Waals surface area contributed by atoms with Gasteiger partial charge in [-0.3, -0.25) is 10.1 Å². The molecular formula is C14H11FN2O2S. The van der Waals surface area contributed by atoms with E-state index in [1.54, 1.807) is 6.20 Å². The molecule has 0 aliphatic rings. The highest BCUT2D eigenvalue weighted by molar-refractivity contribution is 7.15. The lowest BCUT2D eigenvalue weighted by atomic mass is 10.1. The van der Waals surface area contributed by atoms with E-state index in [2.05, 4.69) is 22.1 Å². The van der Waals surface area contributed by atoms with E-state index >= 15 is 0 Å². The number of benzene rings is 1. The maximum Gasteiger partial charge on any atom is 0.258 e. The van der Waals surface area contributed by atoms with Crippen LogP contribution in [0, 0.1) is 24.6 Å². The van der Waals surface area contributed by atoms with Gasteiger partial charge in [0.25, 0.3) is 5.91 Å². The first-order chi connectivity index (χ1) is 9.60. The van der Waals surface area contributed by atoms with Gasteiger partial charge in [0.2, 0.25) is 0 Å². The van der Waals surface area contributed by atoms with E-state index in [-0.39, 0.29) is 12.2 Å². The van der Waals surface area contributed by atoms with Crippen LogP contribution in [0.25, 0.3) is 0 Å². The van der Waals surface area contributed by atoms with Crippen LogP contribution >= 0.6 is 11.3 Å². The number of aromatic nitrogens is 1. The molecular weight excluding hydrogens is 279 g/mol. The second-order valence-corrected chi connectivity index (χ2v) is 5.11. The van der Waals surface area contributed by atoms with E-state index in [4.69, 9.17) is 5.11 Å². The Hall–Kier alpha value is -2.23. The molecule has 0 radical (unpaired) electrons. The van der Waals surface area contributed by atoms with E-state index in [1.807, 2.05) is 6.92 Å². The predicted molar refractivity (Wildman–Crippen MR) is 75.2 cm³/mol. The Morgan fingerprint density at radius 1 is 1.55 bits per heavy atom. The van der Waals surface area contributed by atoms with Crippen LogP contribution in [0.5, 0.6) is 0 Å². The molecule has 0 atom stereocenters. The van der Waals surface area contributed by atoms with Gasteiger partial charge < -0.3 is 5.11 Å². The van der Waals surface area contributed by atoms with Gasteiger partial charge in [0.15, 0.2) is 5.13 Å². The topological polar surface area (TPSA) is 62.2 Å². The molecule has 1 aromatic heterocycles. The van der Waals surface area contributed by atoms with E-state index in [9.17, 15) is 9.18 Å². The van der Waals surface area contributed by atoms with E-state index in [0.29, 0.717) is 10.7 Å². The van der Waals surface area contributed by atoms with Gasteiger partial charge in [0, 0.05) is 16.6 Å². The average molecular weight is 290 g/mol. The number of thiazole rings is 1. The number of amides is 1. The number of anilines is 1. The zero-order valence-corrected chi connectivity index (χ0v) is 11.4. The minimum atomic E-state index is -0.528. The fourth-order valence-corrected chi connectivity index (χ4v) is 2.18. The molecule has 1 amide bonds. The molecule has 2 N–H and O–H groups in total. The first-order valence-electron chi connectivity index (χ1n) is 5.73. The Morgan fingerprint density at radius 3 is 3.00 bits per heavy atom. The third-order valence-corrected chi connectivity index (χ3v) is 3.20. The van der Waals surface area contributed by atoms with Crippen molar-refractivity contribution in [1.82, 2.24) is 4.98 Å². The standard InChI is InChI=1S/C14H11FN2O2S/c1-9-8-16-14(20-9)17-13(19)12-7-11(15)5-4-10(12)3-2-6-18/h4-5,7-8,18H,6H2,1H3,(H,16,17,19). The minimum absolute atomic E-state index is 0.110. The van der Waals surface area contributed by atoms with Gasteiger partial charge in [-0.15, -0.1) is 11.3 Å². The Morgan fingerprint density at radius 2 is 2.35 bits per heavy atom. The van der Waals surface area contributed by atoms with Crippen LogP contribution in [0.1, 0.15) is 20.8 Å². The number of hydrogen-bond donors (Lipinski definition) is 2. The lowest BCUT2D eigenvalue weighted by Gasteiger charge is -2.04. The summed E-state index contributed by atoms with van der Waals surface area (Å²) in [6.07, 6.45) is 1.64. The summed E-state index contributed by atoms with van der Waals surface area (Å²) >= 11 is 1.33. The van der Waals surface area contributed by atoms with Crippen molar-refractivity contribution in [2.24, 2.45) is 0 Å². The molecule has 2 aromatic rings. The number of carbonyl (C=O) groups excluding carboxylic acids is 1. The Balaban J connectivity index is 2.30. The van der Waals surface area contributed by atoms with Gasteiger partial charge in [-0.05, 0) is 25.1 Å². The highest BCUT2D eigenvalue weighted by Crippen LogP contribution is 2.19. The lowest BCUT2D eigenvalue weighted by molar-refractivity contribution is 0.102. The zero-order valence-electron chi connectivity index (χ0n) is 10.6. The monoisotopic (exact) mass is 290 g/mol. The molecule has 1 heterocycles. The highest BCUT2D eigenvalue weighted by atomic mass is 32.1. The molecule has 0 spiro atoms. The third kappa shape index (κ3) is 3.41. The third-order valence-electron chi connectivity index (χ3n) is 2.37. The molecule has 20 heavy (non-hydrogen) atoms. The van der Waals surface area contributed by atoms with Crippen molar-refractivity contribution in [3.63, 3.8) is 0 Å². The lowest BCUT2D eigenvalue weighted by Crippen LogP contribution is -2.13. The SMILES string of the molecule is Cc1cnc(NC(=O)c2cc(F)ccc2C#CCO)s1. The van der Waals surface area contributed by atoms with E-state index in [1.165, 1.54) is 23.5 Å². The first-order valence-corrected chi connectivity index (χ1v) is 6.55. The predicted octanol–water partition coefficient (Wildman–Crippen LogP) is 2.19. The van der Waals surface area contributed by atoms with Gasteiger partial charge in [-0.2, -0.15) is 0 Å². The fraction of sp³-hybridized carbons (Fsp3) is 0.143. The van der Waals surface area contributed by atoms with Gasteiger partial charge in [0.05, 0.1) is 5.56 Å². The first kappa shape index (κ1) is 14.2. The van der Waals surface area contributed by atoms with Crippen LogP contribution in [0.15, 0.2) is 24.4 Å². The summed E-state index contributed by atoms with van der Waals surface area (Å²) in [6.45, 7) is 1.54. The summed E-state index contributed by atoms with van der Waals surface area (Å²) < 4.78 is 13.3. The van der Waals surface area contributed by atoms with Crippen LogP contribution in [0.2, 0.25) is 0 Å². The number of aliphatic hydroxyl groups is 1. The molecule has 1 aromatic carbocycles. The number of nitrogens with one attached hydrogen (secondary N) is 1. The molecule has 0 saturated carbocycles. The summed E-state index contributed by atoms with van der Waals surface area (Å²) in [5.74, 6) is 4.04. The van der Waals surface area contributed by atoms with Crippen LogP contribution in [0.3, 0.4) is 0 Å². The summed E-state index contributed by atoms with van der Waals surface area (Å²) in [4.78, 5) is 17.1. The van der Waals surface area contributed by atoms with Crippen molar-refractivity contribution in [1.29, 1.82) is 0 Å². The smallest absolute Gasteiger partial charge is 0.258 e. The number of hydrogen-bond acceptors (Lipinski definition) is 4. The van der Waals surface area contributed by atoms with Gasteiger partial charge in [0.1, 0.15) is 12.4 Å². The maximum atomic E-state index is 13.3. The van der Waals surface area contributed by atoms with Gasteiger partial charge >= 0.3 is 0 Å². The number of carbonyl (C=O) groups is 1. The summed E-state index contributed by atoms with van der Waals surface area (Å²) in [5, 5.41) is 11.7. The van der Waals surface area contributed by atoms with Crippen LogP contribution in [-0.4, -0.2) is 22.6 Å². The highest BCUT2D eigenvalue weighted by Gasteiger charge is 2.13. The van der Waals surface area contributed by atoms with Crippen molar-refractivity contribution in [2.75, 3.05) is 11.9 Å². The normalized spacial score (nSPS) is 9.75. The quantitative estimate of drug-likeness (QED) is 0.833. The van der Waals surface area contributed by atoms with Crippen molar-refractivity contribution < 1.29 is 14.3 Å². The summed E-state index contributed by atoms with van der Waals surface area (Å²) in [6, 6.07) is 3.73. The number of rotatable bonds is 2. The molecule has 0 bridgehead atoms. The Bertz CT molecular complexity index is 701. The molecule has 0 aliphatic carbocycles. The molecule has 0 aliphatic heterocycles.